The molecule has 0 radical (unpaired) electrons. The monoisotopic (exact) mass is 172 g/mol. The van der Waals surface area contributed by atoms with E-state index < -0.39 is 0 Å². The minimum Gasteiger partial charge on any atom is -0.390 e. The molecule has 0 aliphatic rings. The van der Waals surface area contributed by atoms with Crippen molar-refractivity contribution in [2.75, 3.05) is 0 Å². The Kier molecular flexibility index (Phi) is 2.57. The van der Waals surface area contributed by atoms with Crippen molar-refractivity contribution in [3.05, 3.63) is 11.9 Å². The Morgan fingerprint density at radius 3 is 2.73 bits per heavy atom. The number of rotatable bonds is 2. The van der Waals surface area contributed by atoms with E-state index in [1.165, 1.54) is 0 Å². The van der Waals surface area contributed by atoms with Gasteiger partial charge >= 0.3 is 0 Å². The third-order valence-corrected chi connectivity index (χ3v) is 1.86. The van der Waals surface area contributed by atoms with Crippen molar-refractivity contribution in [3.63, 3.8) is 0 Å². The van der Waals surface area contributed by atoms with Crippen molar-refractivity contribution in [1.82, 2.24) is 9.55 Å². The van der Waals surface area contributed by atoms with Crippen LogP contribution in [-0.4, -0.2) is 14.7 Å². The predicted molar refractivity (Wildman–Crippen MR) is 45.8 cm³/mol. The second kappa shape index (κ2) is 3.28. The summed E-state index contributed by atoms with van der Waals surface area (Å²) in [7, 11) is 0. The Labute approximate surface area is 71.5 Å². The molecule has 1 heterocycles. The van der Waals surface area contributed by atoms with Crippen LogP contribution >= 0.6 is 12.6 Å². The average Bonchev–Trinajstić information content (AvgIpc) is 2.30. The summed E-state index contributed by atoms with van der Waals surface area (Å²) in [4.78, 5) is 3.98. The summed E-state index contributed by atoms with van der Waals surface area (Å²) >= 11 is 4.15. The Morgan fingerprint density at radius 1 is 1.73 bits per heavy atom. The van der Waals surface area contributed by atoms with E-state index in [1.54, 1.807) is 6.20 Å². The highest BCUT2D eigenvalue weighted by Gasteiger charge is 2.08. The van der Waals surface area contributed by atoms with Gasteiger partial charge in [-0.3, -0.25) is 0 Å². The third-order valence-electron chi connectivity index (χ3n) is 1.53. The number of aliphatic hydroxyl groups excluding tert-OH is 1. The van der Waals surface area contributed by atoms with Gasteiger partial charge < -0.3 is 9.67 Å². The molecule has 0 unspecified atom stereocenters. The Morgan fingerprint density at radius 2 is 2.36 bits per heavy atom. The summed E-state index contributed by atoms with van der Waals surface area (Å²) in [6, 6.07) is 0.298. The summed E-state index contributed by atoms with van der Waals surface area (Å²) in [6.45, 7) is 4.08. The van der Waals surface area contributed by atoms with Gasteiger partial charge in [0.1, 0.15) is 0 Å². The van der Waals surface area contributed by atoms with Crippen molar-refractivity contribution in [2.24, 2.45) is 0 Å². The largest absolute Gasteiger partial charge is 0.390 e. The smallest absolute Gasteiger partial charge is 0.165 e. The lowest BCUT2D eigenvalue weighted by Gasteiger charge is -2.11. The quantitative estimate of drug-likeness (QED) is 0.659. The summed E-state index contributed by atoms with van der Waals surface area (Å²) in [5.74, 6) is 0. The fraction of sp³-hybridized carbons (Fsp3) is 0.571. The molecule has 4 heteroatoms. The first kappa shape index (κ1) is 8.62. The summed E-state index contributed by atoms with van der Waals surface area (Å²) < 4.78 is 1.89. The fourth-order valence-corrected chi connectivity index (χ4v) is 1.48. The fourth-order valence-electron chi connectivity index (χ4n) is 1.06. The van der Waals surface area contributed by atoms with E-state index in [0.29, 0.717) is 11.2 Å². The Bertz CT molecular complexity index is 245. The summed E-state index contributed by atoms with van der Waals surface area (Å²) in [6.07, 6.45) is 1.64. The lowest BCUT2D eigenvalue weighted by molar-refractivity contribution is 0.266. The number of thiol groups is 1. The first-order valence-corrected chi connectivity index (χ1v) is 3.97. The molecule has 1 rings (SSSR count). The minimum absolute atomic E-state index is 0.0196. The molecule has 0 aromatic carbocycles. The molecule has 62 valence electrons. The van der Waals surface area contributed by atoms with Crippen LogP contribution in [0.5, 0.6) is 0 Å². The van der Waals surface area contributed by atoms with E-state index in [4.69, 9.17) is 5.11 Å². The van der Waals surface area contributed by atoms with Gasteiger partial charge in [-0.05, 0) is 13.8 Å². The maximum absolute atomic E-state index is 8.89. The molecule has 0 saturated heterocycles. The maximum Gasteiger partial charge on any atom is 0.165 e. The highest BCUT2D eigenvalue weighted by Crippen LogP contribution is 2.15. The molecule has 0 amide bonds. The molecule has 1 N–H and O–H groups in total. The summed E-state index contributed by atoms with van der Waals surface area (Å²) in [5, 5.41) is 9.54. The van der Waals surface area contributed by atoms with Gasteiger partial charge in [-0.15, -0.1) is 12.6 Å². The van der Waals surface area contributed by atoms with E-state index in [1.807, 2.05) is 18.4 Å². The van der Waals surface area contributed by atoms with Gasteiger partial charge in [0, 0.05) is 6.04 Å². The molecule has 11 heavy (non-hydrogen) atoms. The summed E-state index contributed by atoms with van der Waals surface area (Å²) in [5.41, 5.74) is 0.810. The SMILES string of the molecule is CC(C)n1c(CO)cnc1S. The van der Waals surface area contributed by atoms with Crippen molar-refractivity contribution >= 4 is 12.6 Å². The maximum atomic E-state index is 8.89. The molecule has 0 aliphatic carbocycles. The number of imidazole rings is 1. The number of hydrogen-bond acceptors (Lipinski definition) is 3. The van der Waals surface area contributed by atoms with Gasteiger partial charge in [0.25, 0.3) is 0 Å². The zero-order valence-electron chi connectivity index (χ0n) is 6.65. The van der Waals surface area contributed by atoms with Crippen molar-refractivity contribution in [3.8, 4) is 0 Å². The zero-order chi connectivity index (χ0) is 8.43. The number of hydrogen-bond donors (Lipinski definition) is 2. The predicted octanol–water partition coefficient (Wildman–Crippen LogP) is 1.24. The van der Waals surface area contributed by atoms with Crippen LogP contribution in [-0.2, 0) is 6.61 Å². The van der Waals surface area contributed by atoms with Gasteiger partial charge in [-0.2, -0.15) is 0 Å². The van der Waals surface area contributed by atoms with Gasteiger partial charge in [0.15, 0.2) is 5.16 Å². The Balaban J connectivity index is 3.07. The molecule has 0 bridgehead atoms. The van der Waals surface area contributed by atoms with Crippen LogP contribution in [0.25, 0.3) is 0 Å². The first-order valence-electron chi connectivity index (χ1n) is 3.52. The highest BCUT2D eigenvalue weighted by molar-refractivity contribution is 7.80. The molecule has 0 fully saturated rings. The highest BCUT2D eigenvalue weighted by atomic mass is 32.1. The second-order valence-electron chi connectivity index (χ2n) is 2.67. The van der Waals surface area contributed by atoms with Gasteiger partial charge in [0.05, 0.1) is 18.5 Å². The molecule has 1 aromatic rings. The van der Waals surface area contributed by atoms with E-state index in [9.17, 15) is 0 Å². The Hall–Kier alpha value is -0.480. The van der Waals surface area contributed by atoms with Gasteiger partial charge in [-0.1, -0.05) is 0 Å². The number of nitrogens with zero attached hydrogens (tertiary/aromatic N) is 2. The third kappa shape index (κ3) is 1.57. The lowest BCUT2D eigenvalue weighted by atomic mass is 10.3. The zero-order valence-corrected chi connectivity index (χ0v) is 7.55. The van der Waals surface area contributed by atoms with Gasteiger partial charge in [-0.25, -0.2) is 4.98 Å². The van der Waals surface area contributed by atoms with Crippen LogP contribution in [0.3, 0.4) is 0 Å². The van der Waals surface area contributed by atoms with Crippen molar-refractivity contribution in [2.45, 2.75) is 31.7 Å². The van der Waals surface area contributed by atoms with E-state index in [0.717, 1.165) is 5.69 Å². The molecule has 1 aromatic heterocycles. The molecular formula is C7H12N2OS. The van der Waals surface area contributed by atoms with Crippen LogP contribution in [0.1, 0.15) is 25.6 Å². The standard InChI is InChI=1S/C7H12N2OS/c1-5(2)9-6(4-10)3-8-7(9)11/h3,5,10H,4H2,1-2H3,(H,8,11). The van der Waals surface area contributed by atoms with Gasteiger partial charge in [0.2, 0.25) is 0 Å². The minimum atomic E-state index is 0.0196. The first-order chi connectivity index (χ1) is 5.16. The number of aliphatic hydroxyl groups is 1. The molecule has 0 saturated carbocycles. The van der Waals surface area contributed by atoms with E-state index in [-0.39, 0.29) is 6.61 Å². The molecule has 0 aliphatic heterocycles. The molecular weight excluding hydrogens is 160 g/mol. The lowest BCUT2D eigenvalue weighted by Crippen LogP contribution is -2.05. The van der Waals surface area contributed by atoms with Crippen LogP contribution < -0.4 is 0 Å². The van der Waals surface area contributed by atoms with E-state index >= 15 is 0 Å². The van der Waals surface area contributed by atoms with Crippen LogP contribution in [0, 0.1) is 0 Å². The topological polar surface area (TPSA) is 38.0 Å². The molecule has 3 nitrogen and oxygen atoms in total. The average molecular weight is 172 g/mol. The van der Waals surface area contributed by atoms with E-state index in [2.05, 4.69) is 17.6 Å². The van der Waals surface area contributed by atoms with Crippen LogP contribution in [0.15, 0.2) is 11.4 Å². The normalized spacial score (nSPS) is 11.0. The van der Waals surface area contributed by atoms with Crippen molar-refractivity contribution < 1.29 is 5.11 Å². The van der Waals surface area contributed by atoms with Crippen LogP contribution in [0.2, 0.25) is 0 Å². The second-order valence-corrected chi connectivity index (χ2v) is 3.07. The van der Waals surface area contributed by atoms with Crippen molar-refractivity contribution in [1.29, 1.82) is 0 Å². The molecule has 0 atom stereocenters. The number of aromatic nitrogens is 2. The molecule has 0 spiro atoms. The van der Waals surface area contributed by atoms with Crippen LogP contribution in [0.4, 0.5) is 0 Å².